The number of nitrogens with zero attached hydrogens (tertiary/aromatic N) is 5. The summed E-state index contributed by atoms with van der Waals surface area (Å²) in [5.74, 6) is -0.774. The van der Waals surface area contributed by atoms with E-state index in [-0.39, 0.29) is 17.6 Å². The molecule has 0 saturated heterocycles. The third-order valence-electron chi connectivity index (χ3n) is 2.77. The van der Waals surface area contributed by atoms with Crippen molar-refractivity contribution in [2.75, 3.05) is 5.75 Å². The van der Waals surface area contributed by atoms with E-state index in [1.807, 2.05) is 36.8 Å². The van der Waals surface area contributed by atoms with Gasteiger partial charge in [0, 0.05) is 17.1 Å². The summed E-state index contributed by atoms with van der Waals surface area (Å²) in [4.78, 5) is 16.5. The molecule has 0 aliphatic rings. The van der Waals surface area contributed by atoms with Crippen LogP contribution in [0.3, 0.4) is 0 Å². The van der Waals surface area contributed by atoms with Crippen LogP contribution >= 0.6 is 23.1 Å². The Kier molecular flexibility index (Phi) is 5.09. The van der Waals surface area contributed by atoms with E-state index >= 15 is 0 Å². The van der Waals surface area contributed by atoms with Crippen molar-refractivity contribution in [1.82, 2.24) is 19.7 Å². The van der Waals surface area contributed by atoms with Crippen molar-refractivity contribution in [1.29, 1.82) is 5.26 Å². The molecule has 2 aromatic heterocycles. The molecular formula is C13H15N5OS2. The van der Waals surface area contributed by atoms with Gasteiger partial charge in [0.15, 0.2) is 16.9 Å². The monoisotopic (exact) mass is 321 g/mol. The Bertz CT molecular complexity index is 670. The first-order valence-corrected chi connectivity index (χ1v) is 8.26. The molecule has 0 amide bonds. The number of ketones is 1. The molecule has 0 bridgehead atoms. The fourth-order valence-corrected chi connectivity index (χ4v) is 3.49. The highest BCUT2D eigenvalue weighted by molar-refractivity contribution is 7.99. The van der Waals surface area contributed by atoms with Crippen molar-refractivity contribution in [2.24, 2.45) is 0 Å². The fraction of sp³-hybridized carbons (Fsp3) is 0.462. The number of Topliss-reactive ketones (excluding diaryl/α,β-unsaturated/α-hetero) is 1. The predicted octanol–water partition coefficient (Wildman–Crippen LogP) is 2.59. The smallest absolute Gasteiger partial charge is 0.191 e. The van der Waals surface area contributed by atoms with Gasteiger partial charge in [-0.05, 0) is 20.8 Å². The fourth-order valence-electron chi connectivity index (χ4n) is 1.68. The minimum atomic E-state index is -0.799. The largest absolute Gasteiger partial charge is 0.306 e. The summed E-state index contributed by atoms with van der Waals surface area (Å²) in [5, 5.41) is 20.2. The molecule has 110 valence electrons. The minimum Gasteiger partial charge on any atom is -0.306 e. The summed E-state index contributed by atoms with van der Waals surface area (Å²) >= 11 is 2.65. The number of aromatic nitrogens is 4. The van der Waals surface area contributed by atoms with E-state index in [0.717, 1.165) is 5.69 Å². The van der Waals surface area contributed by atoms with Gasteiger partial charge in [0.1, 0.15) is 11.3 Å². The van der Waals surface area contributed by atoms with Gasteiger partial charge in [0.05, 0.1) is 11.8 Å². The number of rotatable bonds is 6. The lowest BCUT2D eigenvalue weighted by Gasteiger charge is -2.09. The third-order valence-corrected chi connectivity index (χ3v) is 4.78. The highest BCUT2D eigenvalue weighted by atomic mass is 32.2. The number of hydrogen-bond acceptors (Lipinski definition) is 7. The second kappa shape index (κ2) is 6.83. The molecule has 21 heavy (non-hydrogen) atoms. The second-order valence-corrected chi connectivity index (χ2v) is 6.59. The van der Waals surface area contributed by atoms with Crippen LogP contribution in [-0.2, 0) is 4.79 Å². The van der Waals surface area contributed by atoms with E-state index in [1.165, 1.54) is 23.1 Å². The Hall–Kier alpha value is -1.72. The second-order valence-electron chi connectivity index (χ2n) is 4.76. The average molecular weight is 321 g/mol. The molecule has 6 nitrogen and oxygen atoms in total. The number of hydrogen-bond donors (Lipinski definition) is 0. The number of thiazole rings is 1. The molecule has 0 unspecified atom stereocenters. The number of aryl methyl sites for hydroxylation is 1. The zero-order valence-corrected chi connectivity index (χ0v) is 13.6. The normalized spacial score (nSPS) is 12.3. The zero-order valence-electron chi connectivity index (χ0n) is 12.0. The summed E-state index contributed by atoms with van der Waals surface area (Å²) < 4.78 is 1.90. The Labute approximate surface area is 131 Å². The van der Waals surface area contributed by atoms with Crippen molar-refractivity contribution >= 4 is 28.9 Å². The summed E-state index contributed by atoms with van der Waals surface area (Å²) in [6.07, 6.45) is 1.64. The lowest BCUT2D eigenvalue weighted by Crippen LogP contribution is -2.14. The predicted molar refractivity (Wildman–Crippen MR) is 81.3 cm³/mol. The molecule has 8 heteroatoms. The molecule has 2 rings (SSSR count). The summed E-state index contributed by atoms with van der Waals surface area (Å²) in [6, 6.07) is 2.27. The molecular weight excluding hydrogens is 306 g/mol. The van der Waals surface area contributed by atoms with Crippen LogP contribution in [0.25, 0.3) is 0 Å². The van der Waals surface area contributed by atoms with E-state index in [1.54, 1.807) is 6.33 Å². The summed E-state index contributed by atoms with van der Waals surface area (Å²) in [6.45, 7) is 5.89. The van der Waals surface area contributed by atoms with Crippen LogP contribution in [0.15, 0.2) is 16.9 Å². The summed E-state index contributed by atoms with van der Waals surface area (Å²) in [7, 11) is 0. The molecule has 0 aliphatic heterocycles. The standard InChI is InChI=1S/C13H15N5OS2/c1-8(2)18-7-15-17-13(18)21-6-11(19)10(4-14)12-16-9(3)5-20-12/h5,7-8,10H,6H2,1-3H3/t10-/m0/s1. The maximum atomic E-state index is 12.2. The van der Waals surface area contributed by atoms with Crippen LogP contribution in [0.4, 0.5) is 0 Å². The van der Waals surface area contributed by atoms with E-state index in [9.17, 15) is 10.1 Å². The molecule has 0 saturated carbocycles. The Balaban J connectivity index is 2.04. The number of carbonyl (C=O) groups excluding carboxylic acids is 1. The van der Waals surface area contributed by atoms with E-state index in [2.05, 4.69) is 15.2 Å². The molecule has 0 aromatic carbocycles. The first kappa shape index (κ1) is 15.7. The number of nitriles is 1. The Morgan fingerprint density at radius 1 is 1.57 bits per heavy atom. The van der Waals surface area contributed by atoms with Gasteiger partial charge in [-0.25, -0.2) is 4.98 Å². The molecule has 0 N–H and O–H groups in total. The number of thioether (sulfide) groups is 1. The van der Waals surface area contributed by atoms with Crippen molar-refractivity contribution in [3.63, 3.8) is 0 Å². The SMILES string of the molecule is Cc1csc([C@@H](C#N)C(=O)CSc2nncn2C(C)C)n1. The van der Waals surface area contributed by atoms with Crippen molar-refractivity contribution in [3.8, 4) is 6.07 Å². The van der Waals surface area contributed by atoms with Gasteiger partial charge in [-0.3, -0.25) is 4.79 Å². The van der Waals surface area contributed by atoms with Crippen LogP contribution in [0.2, 0.25) is 0 Å². The topological polar surface area (TPSA) is 84.5 Å². The van der Waals surface area contributed by atoms with E-state index < -0.39 is 5.92 Å². The van der Waals surface area contributed by atoms with Gasteiger partial charge in [0.25, 0.3) is 0 Å². The first-order valence-electron chi connectivity index (χ1n) is 6.39. The van der Waals surface area contributed by atoms with Crippen molar-refractivity contribution in [2.45, 2.75) is 37.9 Å². The van der Waals surface area contributed by atoms with Crippen molar-refractivity contribution < 1.29 is 4.79 Å². The minimum absolute atomic E-state index is 0.157. The third kappa shape index (κ3) is 3.68. The van der Waals surface area contributed by atoms with Crippen molar-refractivity contribution in [3.05, 3.63) is 22.4 Å². The Morgan fingerprint density at radius 3 is 2.90 bits per heavy atom. The average Bonchev–Trinajstić information content (AvgIpc) is 3.06. The van der Waals surface area contributed by atoms with Gasteiger partial charge < -0.3 is 4.57 Å². The number of carbonyl (C=O) groups is 1. The van der Waals surface area contributed by atoms with E-state index in [4.69, 9.17) is 0 Å². The zero-order chi connectivity index (χ0) is 15.4. The summed E-state index contributed by atoms with van der Waals surface area (Å²) in [5.41, 5.74) is 0.829. The molecule has 0 fully saturated rings. The molecule has 2 aromatic rings. The van der Waals surface area contributed by atoms with Gasteiger partial charge in [-0.1, -0.05) is 11.8 Å². The van der Waals surface area contributed by atoms with Gasteiger partial charge in [-0.15, -0.1) is 21.5 Å². The molecule has 2 heterocycles. The first-order chi connectivity index (χ1) is 10.0. The molecule has 0 radical (unpaired) electrons. The maximum Gasteiger partial charge on any atom is 0.191 e. The lowest BCUT2D eigenvalue weighted by molar-refractivity contribution is -0.116. The van der Waals surface area contributed by atoms with Crippen LogP contribution in [0.5, 0.6) is 0 Å². The molecule has 0 aliphatic carbocycles. The molecule has 0 spiro atoms. The highest BCUT2D eigenvalue weighted by Gasteiger charge is 2.24. The quantitative estimate of drug-likeness (QED) is 0.760. The van der Waals surface area contributed by atoms with Crippen LogP contribution in [-0.4, -0.2) is 31.3 Å². The van der Waals surface area contributed by atoms with Crippen LogP contribution < -0.4 is 0 Å². The van der Waals surface area contributed by atoms with Gasteiger partial charge >= 0.3 is 0 Å². The van der Waals surface area contributed by atoms with Crippen LogP contribution in [0.1, 0.15) is 36.5 Å². The lowest BCUT2D eigenvalue weighted by atomic mass is 10.1. The Morgan fingerprint density at radius 2 is 2.33 bits per heavy atom. The maximum absolute atomic E-state index is 12.2. The van der Waals surface area contributed by atoms with Crippen LogP contribution in [0, 0.1) is 18.3 Å². The van der Waals surface area contributed by atoms with Gasteiger partial charge in [0.2, 0.25) is 0 Å². The van der Waals surface area contributed by atoms with Gasteiger partial charge in [-0.2, -0.15) is 5.26 Å². The highest BCUT2D eigenvalue weighted by Crippen LogP contribution is 2.25. The molecule has 1 atom stereocenters. The van der Waals surface area contributed by atoms with E-state index in [0.29, 0.717) is 10.2 Å².